The second-order valence-corrected chi connectivity index (χ2v) is 13.2. The summed E-state index contributed by atoms with van der Waals surface area (Å²) < 4.78 is 1.99. The molecule has 7 nitrogen and oxygen atoms in total. The Kier molecular flexibility index (Phi) is 7.52. The van der Waals surface area contributed by atoms with Crippen molar-refractivity contribution < 1.29 is 14.7 Å². The Balaban J connectivity index is 1.33. The van der Waals surface area contributed by atoms with Gasteiger partial charge in [0.25, 0.3) is 5.56 Å². The monoisotopic (exact) mass is 533 g/mol. The van der Waals surface area contributed by atoms with E-state index in [1.54, 1.807) is 0 Å². The van der Waals surface area contributed by atoms with Crippen molar-refractivity contribution in [2.75, 3.05) is 7.11 Å². The molecule has 4 aliphatic carbocycles. The van der Waals surface area contributed by atoms with Crippen molar-refractivity contribution in [3.63, 3.8) is 0 Å². The summed E-state index contributed by atoms with van der Waals surface area (Å²) in [4.78, 5) is 35.1. The quantitative estimate of drug-likeness (QED) is 0.326. The highest BCUT2D eigenvalue weighted by molar-refractivity contribution is 6.00. The number of aliphatic carboxylic acids is 1. The van der Waals surface area contributed by atoms with Crippen LogP contribution in [0.15, 0.2) is 34.2 Å². The van der Waals surface area contributed by atoms with Gasteiger partial charge in [-0.15, -0.1) is 0 Å². The number of fused-ring (bicyclic) bond motifs is 5. The van der Waals surface area contributed by atoms with Gasteiger partial charge in [0.05, 0.1) is 17.5 Å². The molecule has 4 bridgehead atoms. The predicted molar refractivity (Wildman–Crippen MR) is 152 cm³/mol. The van der Waals surface area contributed by atoms with Crippen LogP contribution < -0.4 is 5.56 Å². The zero-order valence-corrected chi connectivity index (χ0v) is 23.4. The molecule has 2 aromatic rings. The van der Waals surface area contributed by atoms with Gasteiger partial charge in [-0.3, -0.25) is 9.59 Å². The van der Waals surface area contributed by atoms with Gasteiger partial charge < -0.3 is 14.5 Å². The normalized spacial score (nSPS) is 34.6. The summed E-state index contributed by atoms with van der Waals surface area (Å²) in [5.74, 6) is 4.81. The minimum absolute atomic E-state index is 0.102. The van der Waals surface area contributed by atoms with E-state index in [-0.39, 0.29) is 30.1 Å². The first-order chi connectivity index (χ1) is 18.9. The maximum Gasteiger partial charge on any atom is 0.303 e. The number of oxime groups is 1. The second kappa shape index (κ2) is 11.1. The summed E-state index contributed by atoms with van der Waals surface area (Å²) >= 11 is 0. The molecule has 0 amide bonds. The van der Waals surface area contributed by atoms with Gasteiger partial charge in [-0.25, -0.2) is 4.98 Å². The highest BCUT2D eigenvalue weighted by Gasteiger charge is 2.47. The Labute approximate surface area is 231 Å². The van der Waals surface area contributed by atoms with Gasteiger partial charge in [-0.1, -0.05) is 43.5 Å². The Hall–Kier alpha value is -2.70. The number of benzene rings is 1. The molecule has 1 heterocycles. The van der Waals surface area contributed by atoms with Crippen molar-refractivity contribution in [3.8, 4) is 0 Å². The molecular weight excluding hydrogens is 490 g/mol. The largest absolute Gasteiger partial charge is 0.481 e. The molecule has 0 saturated heterocycles. The van der Waals surface area contributed by atoms with Gasteiger partial charge in [-0.2, -0.15) is 0 Å². The minimum atomic E-state index is -0.938. The van der Waals surface area contributed by atoms with E-state index < -0.39 is 5.97 Å². The number of aromatic nitrogens is 2. The van der Waals surface area contributed by atoms with Crippen LogP contribution in [0.4, 0.5) is 0 Å². The van der Waals surface area contributed by atoms with Crippen molar-refractivity contribution in [2.45, 2.75) is 90.0 Å². The second-order valence-electron chi connectivity index (χ2n) is 13.2. The maximum atomic E-state index is 14.1. The zero-order valence-electron chi connectivity index (χ0n) is 23.4. The molecule has 7 heteroatoms. The molecule has 4 aliphatic rings. The molecule has 0 spiro atoms. The fourth-order valence-electron chi connectivity index (χ4n) is 9.54. The molecule has 4 saturated carbocycles. The summed E-state index contributed by atoms with van der Waals surface area (Å²) in [5, 5.41) is 13.3. The molecule has 39 heavy (non-hydrogen) atoms. The fraction of sp³-hybridized carbons (Fsp3) is 0.688. The summed E-state index contributed by atoms with van der Waals surface area (Å²) in [6.45, 7) is 2.45. The molecule has 4 fully saturated rings. The van der Waals surface area contributed by atoms with Gasteiger partial charge in [0.1, 0.15) is 12.8 Å². The standard InChI is InChI=1S/C32H43N3O4/c1-19-12-20-14-21(13-19)16-24(15-20)30-22-6-5-7-23(30)18-25(17-22)35-28-9-4-3-8-26(28)33-31(32(35)38)27(34-39-2)10-11-29(36)37/h3-4,8-9,19-25,30H,5-7,10-18H2,1-2H3,(H,36,37)/t19?,20-,21+,22-,23+,24?,25?,30?. The van der Waals surface area contributed by atoms with E-state index >= 15 is 0 Å². The van der Waals surface area contributed by atoms with Crippen LogP contribution in [-0.4, -0.2) is 33.4 Å². The number of nitrogens with zero attached hydrogens (tertiary/aromatic N) is 3. The number of carboxylic acid groups (broad SMARTS) is 1. The Morgan fingerprint density at radius 2 is 1.69 bits per heavy atom. The molecule has 210 valence electrons. The van der Waals surface area contributed by atoms with Crippen LogP contribution in [0.3, 0.4) is 0 Å². The van der Waals surface area contributed by atoms with Crippen molar-refractivity contribution >= 4 is 22.7 Å². The highest BCUT2D eigenvalue weighted by Crippen LogP contribution is 2.56. The van der Waals surface area contributed by atoms with Gasteiger partial charge >= 0.3 is 5.97 Å². The lowest BCUT2D eigenvalue weighted by Gasteiger charge is -2.53. The fourth-order valence-corrected chi connectivity index (χ4v) is 9.54. The molecule has 1 aromatic heterocycles. The lowest BCUT2D eigenvalue weighted by atomic mass is 9.53. The van der Waals surface area contributed by atoms with Crippen LogP contribution in [0, 0.1) is 41.4 Å². The van der Waals surface area contributed by atoms with Crippen molar-refractivity contribution in [3.05, 3.63) is 40.3 Å². The van der Waals surface area contributed by atoms with E-state index in [0.717, 1.165) is 53.5 Å². The van der Waals surface area contributed by atoms with Crippen LogP contribution in [0.5, 0.6) is 0 Å². The number of para-hydroxylation sites is 2. The summed E-state index contributed by atoms with van der Waals surface area (Å²) in [6.07, 6.45) is 13.1. The zero-order chi connectivity index (χ0) is 27.1. The van der Waals surface area contributed by atoms with Crippen LogP contribution >= 0.6 is 0 Å². The molecule has 6 rings (SSSR count). The molecule has 8 atom stereocenters. The van der Waals surface area contributed by atoms with E-state index in [0.29, 0.717) is 17.5 Å². The third kappa shape index (κ3) is 5.26. The predicted octanol–water partition coefficient (Wildman–Crippen LogP) is 6.44. The Morgan fingerprint density at radius 3 is 2.36 bits per heavy atom. The lowest BCUT2D eigenvalue weighted by Crippen LogP contribution is -2.45. The first kappa shape index (κ1) is 26.5. The number of hydrogen-bond acceptors (Lipinski definition) is 5. The van der Waals surface area contributed by atoms with Gasteiger partial charge in [-0.05, 0) is 98.5 Å². The minimum Gasteiger partial charge on any atom is -0.481 e. The number of rotatable bonds is 7. The average molecular weight is 534 g/mol. The first-order valence-corrected chi connectivity index (χ1v) is 15.2. The number of hydrogen-bond donors (Lipinski definition) is 1. The van der Waals surface area contributed by atoms with Crippen LogP contribution in [-0.2, 0) is 9.63 Å². The molecule has 1 aromatic carbocycles. The molecule has 4 unspecified atom stereocenters. The SMILES string of the molecule is CON=C(CCC(=O)O)c1nc2ccccc2n(C2C[C@H]3CCC[C@@H](C2)C3C2C[C@H]3CC(C)C[C@@H](C2)C3)c1=O. The number of carbonyl (C=O) groups is 1. The maximum absolute atomic E-state index is 14.1. The number of carboxylic acids is 1. The third-order valence-electron chi connectivity index (χ3n) is 10.6. The van der Waals surface area contributed by atoms with E-state index in [1.165, 1.54) is 58.5 Å². The van der Waals surface area contributed by atoms with Crippen molar-refractivity contribution in [1.29, 1.82) is 0 Å². The topological polar surface area (TPSA) is 93.8 Å². The smallest absolute Gasteiger partial charge is 0.303 e. The highest BCUT2D eigenvalue weighted by atomic mass is 16.6. The van der Waals surface area contributed by atoms with Crippen LogP contribution in [0.2, 0.25) is 0 Å². The van der Waals surface area contributed by atoms with Gasteiger partial charge in [0, 0.05) is 12.5 Å². The summed E-state index contributed by atoms with van der Waals surface area (Å²) in [5.41, 5.74) is 1.97. The van der Waals surface area contributed by atoms with Gasteiger partial charge in [0.15, 0.2) is 5.69 Å². The summed E-state index contributed by atoms with van der Waals surface area (Å²) in [7, 11) is 1.42. The third-order valence-corrected chi connectivity index (χ3v) is 10.6. The van der Waals surface area contributed by atoms with Crippen molar-refractivity contribution in [1.82, 2.24) is 9.55 Å². The first-order valence-electron chi connectivity index (χ1n) is 15.2. The molecular formula is C32H43N3O4. The molecule has 0 aliphatic heterocycles. The average Bonchev–Trinajstić information content (AvgIpc) is 2.89. The Morgan fingerprint density at radius 1 is 1.00 bits per heavy atom. The van der Waals surface area contributed by atoms with E-state index in [1.807, 2.05) is 28.8 Å². The van der Waals surface area contributed by atoms with Crippen LogP contribution in [0.25, 0.3) is 11.0 Å². The summed E-state index contributed by atoms with van der Waals surface area (Å²) in [6, 6.07) is 7.98. The van der Waals surface area contributed by atoms with E-state index in [4.69, 9.17) is 4.84 Å². The Bertz CT molecular complexity index is 1270. The van der Waals surface area contributed by atoms with Crippen molar-refractivity contribution in [2.24, 2.45) is 46.6 Å². The van der Waals surface area contributed by atoms with E-state index in [9.17, 15) is 14.7 Å². The lowest BCUT2D eigenvalue weighted by molar-refractivity contribution is -0.136. The van der Waals surface area contributed by atoms with Crippen LogP contribution in [0.1, 0.15) is 95.7 Å². The molecule has 1 N–H and O–H groups in total. The molecule has 0 radical (unpaired) electrons. The van der Waals surface area contributed by atoms with Gasteiger partial charge in [0.2, 0.25) is 0 Å². The van der Waals surface area contributed by atoms with E-state index in [2.05, 4.69) is 17.1 Å².